The van der Waals surface area contributed by atoms with Crippen molar-refractivity contribution in [3.05, 3.63) is 94.5 Å². The summed E-state index contributed by atoms with van der Waals surface area (Å²) in [5, 5.41) is 0.632. The van der Waals surface area contributed by atoms with E-state index in [-0.39, 0.29) is 12.5 Å². The molecule has 0 saturated carbocycles. The number of benzene rings is 3. The summed E-state index contributed by atoms with van der Waals surface area (Å²) in [6.07, 6.45) is 0. The molecule has 3 aromatic rings. The van der Waals surface area contributed by atoms with Crippen molar-refractivity contribution < 1.29 is 19.1 Å². The molecule has 0 atom stereocenters. The minimum absolute atomic E-state index is 0.281. The van der Waals surface area contributed by atoms with E-state index in [1.165, 1.54) is 7.11 Å². The molecule has 3 rings (SSSR count). The van der Waals surface area contributed by atoms with Crippen molar-refractivity contribution in [2.75, 3.05) is 7.11 Å². The van der Waals surface area contributed by atoms with Gasteiger partial charge in [-0.15, -0.1) is 0 Å². The van der Waals surface area contributed by atoms with E-state index in [9.17, 15) is 4.79 Å². The van der Waals surface area contributed by atoms with Gasteiger partial charge in [-0.3, -0.25) is 9.63 Å². The molecule has 0 aliphatic rings. The fourth-order valence-corrected chi connectivity index (χ4v) is 2.71. The van der Waals surface area contributed by atoms with Crippen LogP contribution in [0.4, 0.5) is 0 Å². The molecule has 0 unspecified atom stereocenters. The number of hydrogen-bond acceptors (Lipinski definition) is 4. The average Bonchev–Trinajstić information content (AvgIpc) is 2.73. The van der Waals surface area contributed by atoms with Gasteiger partial charge in [-0.05, 0) is 29.8 Å². The fourth-order valence-electron chi connectivity index (χ4n) is 2.52. The van der Waals surface area contributed by atoms with Crippen molar-refractivity contribution in [2.45, 2.75) is 13.2 Å². The van der Waals surface area contributed by atoms with Gasteiger partial charge in [0.25, 0.3) is 5.91 Å². The number of ether oxygens (including phenoxy) is 2. The van der Waals surface area contributed by atoms with Gasteiger partial charge in [0, 0.05) is 16.1 Å². The lowest BCUT2D eigenvalue weighted by Crippen LogP contribution is -2.23. The van der Waals surface area contributed by atoms with Gasteiger partial charge in [0.05, 0.1) is 13.7 Å². The zero-order chi connectivity index (χ0) is 19.8. The van der Waals surface area contributed by atoms with Crippen LogP contribution in [0.3, 0.4) is 0 Å². The van der Waals surface area contributed by atoms with Crippen LogP contribution in [0.1, 0.15) is 21.5 Å². The molecule has 144 valence electrons. The molecule has 0 aliphatic heterocycles. The van der Waals surface area contributed by atoms with Crippen LogP contribution in [0.15, 0.2) is 72.8 Å². The molecule has 0 aliphatic carbocycles. The standard InChI is InChI=1S/C22H20ClNO4/c1-26-21-13-17(22(25)24-28-14-16-7-3-2-4-8-16)11-12-20(21)27-15-18-9-5-6-10-19(18)23/h2-13H,14-15H2,1H3,(H,24,25). The maximum atomic E-state index is 12.3. The quantitative estimate of drug-likeness (QED) is 0.555. The number of hydroxylamine groups is 1. The Morgan fingerprint density at radius 1 is 0.929 bits per heavy atom. The SMILES string of the molecule is COc1cc(C(=O)NOCc2ccccc2)ccc1OCc1ccccc1Cl. The lowest BCUT2D eigenvalue weighted by atomic mass is 10.2. The summed E-state index contributed by atoms with van der Waals surface area (Å²) in [5.41, 5.74) is 4.65. The summed E-state index contributed by atoms with van der Waals surface area (Å²) in [5.74, 6) is 0.596. The average molecular weight is 398 g/mol. The Balaban J connectivity index is 1.60. The molecule has 0 aromatic heterocycles. The Labute approximate surface area is 168 Å². The molecule has 3 aromatic carbocycles. The van der Waals surface area contributed by atoms with E-state index in [1.807, 2.05) is 48.5 Å². The van der Waals surface area contributed by atoms with Crippen LogP contribution in [0, 0.1) is 0 Å². The predicted molar refractivity (Wildman–Crippen MR) is 107 cm³/mol. The monoisotopic (exact) mass is 397 g/mol. The van der Waals surface area contributed by atoms with Crippen LogP contribution >= 0.6 is 11.6 Å². The summed E-state index contributed by atoms with van der Waals surface area (Å²) in [7, 11) is 1.52. The maximum absolute atomic E-state index is 12.3. The Kier molecular flexibility index (Phi) is 6.89. The van der Waals surface area contributed by atoms with E-state index in [0.29, 0.717) is 28.7 Å². The van der Waals surface area contributed by atoms with Crippen molar-refractivity contribution >= 4 is 17.5 Å². The molecule has 0 bridgehead atoms. The molecule has 1 N–H and O–H groups in total. The highest BCUT2D eigenvalue weighted by molar-refractivity contribution is 6.31. The van der Waals surface area contributed by atoms with Gasteiger partial charge in [-0.1, -0.05) is 60.1 Å². The van der Waals surface area contributed by atoms with E-state index < -0.39 is 0 Å². The first-order valence-corrected chi connectivity index (χ1v) is 9.05. The highest BCUT2D eigenvalue weighted by atomic mass is 35.5. The minimum Gasteiger partial charge on any atom is -0.493 e. The number of nitrogens with one attached hydrogen (secondary N) is 1. The summed E-state index contributed by atoms with van der Waals surface area (Å²) >= 11 is 6.15. The van der Waals surface area contributed by atoms with E-state index in [1.54, 1.807) is 24.3 Å². The van der Waals surface area contributed by atoms with Crippen LogP contribution in [0.25, 0.3) is 0 Å². The van der Waals surface area contributed by atoms with Crippen LogP contribution in [0.5, 0.6) is 11.5 Å². The maximum Gasteiger partial charge on any atom is 0.274 e. The summed E-state index contributed by atoms with van der Waals surface area (Å²) < 4.78 is 11.1. The molecular weight excluding hydrogens is 378 g/mol. The fraction of sp³-hybridized carbons (Fsp3) is 0.136. The molecule has 1 amide bonds. The lowest BCUT2D eigenvalue weighted by Gasteiger charge is -2.13. The third-order valence-corrected chi connectivity index (χ3v) is 4.38. The van der Waals surface area contributed by atoms with Gasteiger partial charge in [0.2, 0.25) is 0 Å². The Morgan fingerprint density at radius 2 is 1.68 bits per heavy atom. The normalized spacial score (nSPS) is 10.4. The highest BCUT2D eigenvalue weighted by Gasteiger charge is 2.12. The molecule has 0 radical (unpaired) electrons. The van der Waals surface area contributed by atoms with Gasteiger partial charge in [-0.25, -0.2) is 5.48 Å². The minimum atomic E-state index is -0.369. The Morgan fingerprint density at radius 3 is 2.43 bits per heavy atom. The second kappa shape index (κ2) is 9.78. The summed E-state index contributed by atoms with van der Waals surface area (Å²) in [6, 6.07) is 22.0. The number of amides is 1. The first-order valence-electron chi connectivity index (χ1n) is 8.67. The van der Waals surface area contributed by atoms with Gasteiger partial charge in [-0.2, -0.15) is 0 Å². The third-order valence-electron chi connectivity index (χ3n) is 4.01. The van der Waals surface area contributed by atoms with Crippen LogP contribution < -0.4 is 15.0 Å². The van der Waals surface area contributed by atoms with E-state index in [2.05, 4.69) is 5.48 Å². The highest BCUT2D eigenvalue weighted by Crippen LogP contribution is 2.29. The van der Waals surface area contributed by atoms with E-state index >= 15 is 0 Å². The topological polar surface area (TPSA) is 56.8 Å². The largest absolute Gasteiger partial charge is 0.493 e. The van der Waals surface area contributed by atoms with Gasteiger partial charge < -0.3 is 9.47 Å². The molecule has 6 heteroatoms. The van der Waals surface area contributed by atoms with Crippen molar-refractivity contribution in [2.24, 2.45) is 0 Å². The number of rotatable bonds is 8. The smallest absolute Gasteiger partial charge is 0.274 e. The molecule has 28 heavy (non-hydrogen) atoms. The summed E-state index contributed by atoms with van der Waals surface area (Å²) in [6.45, 7) is 0.574. The van der Waals surface area contributed by atoms with Gasteiger partial charge in [0.1, 0.15) is 6.61 Å². The number of carbonyl (C=O) groups excluding carboxylic acids is 1. The van der Waals surface area contributed by atoms with Gasteiger partial charge in [0.15, 0.2) is 11.5 Å². The molecule has 0 heterocycles. The van der Waals surface area contributed by atoms with Crippen molar-refractivity contribution in [3.8, 4) is 11.5 Å². The number of hydrogen-bond donors (Lipinski definition) is 1. The molecule has 0 spiro atoms. The van der Waals surface area contributed by atoms with Crippen LogP contribution in [0.2, 0.25) is 5.02 Å². The molecule has 0 fully saturated rings. The number of carbonyl (C=O) groups is 1. The third kappa shape index (κ3) is 5.25. The lowest BCUT2D eigenvalue weighted by molar-refractivity contribution is 0.0233. The zero-order valence-corrected chi connectivity index (χ0v) is 16.1. The molecule has 5 nitrogen and oxygen atoms in total. The van der Waals surface area contributed by atoms with Crippen molar-refractivity contribution in [3.63, 3.8) is 0 Å². The van der Waals surface area contributed by atoms with Crippen molar-refractivity contribution in [1.82, 2.24) is 5.48 Å². The first kappa shape index (κ1) is 19.7. The van der Waals surface area contributed by atoms with Gasteiger partial charge >= 0.3 is 0 Å². The van der Waals surface area contributed by atoms with Crippen molar-refractivity contribution in [1.29, 1.82) is 0 Å². The zero-order valence-electron chi connectivity index (χ0n) is 15.4. The summed E-state index contributed by atoms with van der Waals surface area (Å²) in [4.78, 5) is 17.6. The predicted octanol–water partition coefficient (Wildman–Crippen LogP) is 4.79. The second-order valence-corrected chi connectivity index (χ2v) is 6.36. The van der Waals surface area contributed by atoms with E-state index in [0.717, 1.165) is 11.1 Å². The first-order chi connectivity index (χ1) is 13.7. The second-order valence-electron chi connectivity index (χ2n) is 5.95. The number of halogens is 1. The Bertz CT molecular complexity index is 931. The molecule has 0 saturated heterocycles. The van der Waals surface area contributed by atoms with Crippen LogP contribution in [-0.4, -0.2) is 13.0 Å². The Hall–Kier alpha value is -3.02. The molecular formula is C22H20ClNO4. The van der Waals surface area contributed by atoms with E-state index in [4.69, 9.17) is 25.9 Å². The van der Waals surface area contributed by atoms with Crippen LogP contribution in [-0.2, 0) is 18.1 Å². The number of methoxy groups -OCH3 is 1.